The lowest BCUT2D eigenvalue weighted by atomic mass is 10.0. The summed E-state index contributed by atoms with van der Waals surface area (Å²) >= 11 is 6.38. The molecule has 0 aliphatic heterocycles. The first-order valence-corrected chi connectivity index (χ1v) is 7.71. The minimum atomic E-state index is -0.0318. The summed E-state index contributed by atoms with van der Waals surface area (Å²) in [5, 5.41) is 16.9. The van der Waals surface area contributed by atoms with Gasteiger partial charge in [-0.15, -0.1) is 0 Å². The highest BCUT2D eigenvalue weighted by atomic mass is 35.5. The Morgan fingerprint density at radius 3 is 2.71 bits per heavy atom. The SMILES string of the molecule is CCCn1ncc(Cl)c1C(NC)c1cc(C)nnc1CC. The average Bonchev–Trinajstić information content (AvgIpc) is 2.82. The van der Waals surface area contributed by atoms with Gasteiger partial charge in [-0.3, -0.25) is 4.68 Å². The van der Waals surface area contributed by atoms with E-state index in [1.807, 2.05) is 18.7 Å². The van der Waals surface area contributed by atoms with Crippen LogP contribution in [0.2, 0.25) is 5.02 Å². The number of nitrogens with one attached hydrogen (secondary N) is 1. The van der Waals surface area contributed by atoms with Crippen LogP contribution in [0.3, 0.4) is 0 Å². The fourth-order valence-corrected chi connectivity index (χ4v) is 2.80. The Balaban J connectivity index is 2.54. The van der Waals surface area contributed by atoms with Crippen molar-refractivity contribution in [2.24, 2.45) is 0 Å². The Labute approximate surface area is 130 Å². The van der Waals surface area contributed by atoms with Gasteiger partial charge in [0.1, 0.15) is 0 Å². The zero-order valence-electron chi connectivity index (χ0n) is 13.0. The summed E-state index contributed by atoms with van der Waals surface area (Å²) in [4.78, 5) is 0. The van der Waals surface area contributed by atoms with Crippen LogP contribution in [-0.2, 0) is 13.0 Å². The molecule has 0 fully saturated rings. The first-order chi connectivity index (χ1) is 10.1. The minimum absolute atomic E-state index is 0.0318. The van der Waals surface area contributed by atoms with Crippen molar-refractivity contribution in [3.8, 4) is 0 Å². The van der Waals surface area contributed by atoms with Gasteiger partial charge in [-0.2, -0.15) is 15.3 Å². The van der Waals surface area contributed by atoms with E-state index in [-0.39, 0.29) is 6.04 Å². The zero-order valence-corrected chi connectivity index (χ0v) is 13.8. The molecule has 1 N–H and O–H groups in total. The number of halogens is 1. The highest BCUT2D eigenvalue weighted by molar-refractivity contribution is 6.31. The first kappa shape index (κ1) is 15.9. The molecule has 0 saturated heterocycles. The zero-order chi connectivity index (χ0) is 15.4. The lowest BCUT2D eigenvalue weighted by Gasteiger charge is -2.21. The number of aryl methyl sites for hydroxylation is 3. The van der Waals surface area contributed by atoms with E-state index < -0.39 is 0 Å². The van der Waals surface area contributed by atoms with Crippen LogP contribution in [0.25, 0.3) is 0 Å². The Bertz CT molecular complexity index is 608. The molecule has 0 amide bonds. The lowest BCUT2D eigenvalue weighted by molar-refractivity contribution is 0.531. The highest BCUT2D eigenvalue weighted by Gasteiger charge is 2.23. The second-order valence-corrected chi connectivity index (χ2v) is 5.47. The van der Waals surface area contributed by atoms with E-state index in [4.69, 9.17) is 11.6 Å². The molecule has 5 nitrogen and oxygen atoms in total. The smallest absolute Gasteiger partial charge is 0.0837 e. The van der Waals surface area contributed by atoms with Crippen molar-refractivity contribution in [1.29, 1.82) is 0 Å². The third-order valence-corrected chi connectivity index (χ3v) is 3.79. The molecule has 114 valence electrons. The van der Waals surface area contributed by atoms with E-state index in [1.54, 1.807) is 6.20 Å². The molecule has 2 rings (SSSR count). The molecule has 21 heavy (non-hydrogen) atoms. The molecule has 0 aromatic carbocycles. The summed E-state index contributed by atoms with van der Waals surface area (Å²) < 4.78 is 1.97. The summed E-state index contributed by atoms with van der Waals surface area (Å²) in [5.41, 5.74) is 4.00. The van der Waals surface area contributed by atoms with Gasteiger partial charge in [0.2, 0.25) is 0 Å². The van der Waals surface area contributed by atoms with E-state index in [2.05, 4.69) is 40.5 Å². The molecule has 0 saturated carbocycles. The highest BCUT2D eigenvalue weighted by Crippen LogP contribution is 2.30. The van der Waals surface area contributed by atoms with Crippen LogP contribution < -0.4 is 5.32 Å². The summed E-state index contributed by atoms with van der Waals surface area (Å²) in [6.07, 6.45) is 3.56. The van der Waals surface area contributed by atoms with E-state index >= 15 is 0 Å². The number of hydrogen-bond donors (Lipinski definition) is 1. The van der Waals surface area contributed by atoms with E-state index in [0.29, 0.717) is 5.02 Å². The van der Waals surface area contributed by atoms with Crippen molar-refractivity contribution >= 4 is 11.6 Å². The van der Waals surface area contributed by atoms with Crippen LogP contribution in [0.4, 0.5) is 0 Å². The summed E-state index contributed by atoms with van der Waals surface area (Å²) in [6.45, 7) is 7.01. The predicted molar refractivity (Wildman–Crippen MR) is 84.6 cm³/mol. The van der Waals surface area contributed by atoms with Gasteiger partial charge in [0.05, 0.1) is 34.3 Å². The van der Waals surface area contributed by atoms with Crippen LogP contribution >= 0.6 is 11.6 Å². The fraction of sp³-hybridized carbons (Fsp3) is 0.533. The van der Waals surface area contributed by atoms with Gasteiger partial charge < -0.3 is 5.32 Å². The van der Waals surface area contributed by atoms with Gasteiger partial charge >= 0.3 is 0 Å². The molecule has 0 radical (unpaired) electrons. The predicted octanol–water partition coefficient (Wildman–Crippen LogP) is 2.92. The molecule has 2 aromatic rings. The Hall–Kier alpha value is -1.46. The maximum absolute atomic E-state index is 6.38. The molecule has 1 atom stereocenters. The van der Waals surface area contributed by atoms with Gasteiger partial charge in [0.15, 0.2) is 0 Å². The quantitative estimate of drug-likeness (QED) is 0.891. The van der Waals surface area contributed by atoms with Gasteiger partial charge in [-0.05, 0) is 32.9 Å². The van der Waals surface area contributed by atoms with Crippen LogP contribution in [0.5, 0.6) is 0 Å². The van der Waals surface area contributed by atoms with E-state index in [1.165, 1.54) is 0 Å². The summed E-state index contributed by atoms with van der Waals surface area (Å²) in [6, 6.07) is 2.04. The Morgan fingerprint density at radius 2 is 2.10 bits per heavy atom. The molecule has 0 spiro atoms. The van der Waals surface area contributed by atoms with E-state index in [9.17, 15) is 0 Å². The van der Waals surface area contributed by atoms with Crippen molar-refractivity contribution in [3.05, 3.63) is 39.9 Å². The van der Waals surface area contributed by atoms with E-state index in [0.717, 1.165) is 42.0 Å². The molecule has 1 unspecified atom stereocenters. The molecule has 0 aliphatic rings. The molecule has 6 heteroatoms. The topological polar surface area (TPSA) is 55.6 Å². The Morgan fingerprint density at radius 1 is 1.33 bits per heavy atom. The lowest BCUT2D eigenvalue weighted by Crippen LogP contribution is -2.24. The van der Waals surface area contributed by atoms with Gasteiger partial charge in [0, 0.05) is 12.1 Å². The second kappa shape index (κ2) is 7.00. The van der Waals surface area contributed by atoms with Gasteiger partial charge in [-0.25, -0.2) is 0 Å². The summed E-state index contributed by atoms with van der Waals surface area (Å²) in [5.74, 6) is 0. The Kier molecular flexibility index (Phi) is 5.31. The van der Waals surface area contributed by atoms with Crippen LogP contribution in [0.1, 0.15) is 49.0 Å². The summed E-state index contributed by atoms with van der Waals surface area (Å²) in [7, 11) is 1.93. The minimum Gasteiger partial charge on any atom is -0.308 e. The normalized spacial score (nSPS) is 12.6. The first-order valence-electron chi connectivity index (χ1n) is 7.33. The molecule has 2 aromatic heterocycles. The number of hydrogen-bond acceptors (Lipinski definition) is 4. The van der Waals surface area contributed by atoms with Crippen molar-refractivity contribution in [2.45, 2.75) is 46.2 Å². The second-order valence-electron chi connectivity index (χ2n) is 5.06. The van der Waals surface area contributed by atoms with Crippen molar-refractivity contribution in [2.75, 3.05) is 7.05 Å². The van der Waals surface area contributed by atoms with Gasteiger partial charge in [0.25, 0.3) is 0 Å². The number of nitrogens with zero attached hydrogens (tertiary/aromatic N) is 4. The molecular formula is C15H22ClN5. The molecular weight excluding hydrogens is 286 g/mol. The van der Waals surface area contributed by atoms with Crippen LogP contribution in [0, 0.1) is 6.92 Å². The monoisotopic (exact) mass is 307 g/mol. The third kappa shape index (κ3) is 3.24. The van der Waals surface area contributed by atoms with Crippen molar-refractivity contribution < 1.29 is 0 Å². The standard InChI is InChI=1S/C15H22ClN5/c1-5-7-21-15(12(16)9-18-21)14(17-4)11-8-10(3)19-20-13(11)6-2/h8-9,14,17H,5-7H2,1-4H3. The molecule has 0 aliphatic carbocycles. The number of rotatable bonds is 6. The largest absolute Gasteiger partial charge is 0.308 e. The molecule has 0 bridgehead atoms. The van der Waals surface area contributed by atoms with Gasteiger partial charge in [-0.1, -0.05) is 25.4 Å². The average molecular weight is 308 g/mol. The third-order valence-electron chi connectivity index (χ3n) is 3.50. The van der Waals surface area contributed by atoms with Crippen molar-refractivity contribution in [1.82, 2.24) is 25.3 Å². The van der Waals surface area contributed by atoms with Crippen LogP contribution in [0.15, 0.2) is 12.3 Å². The maximum Gasteiger partial charge on any atom is 0.0837 e. The fourth-order valence-electron chi connectivity index (χ4n) is 2.55. The molecule has 2 heterocycles. The van der Waals surface area contributed by atoms with Crippen molar-refractivity contribution in [3.63, 3.8) is 0 Å². The maximum atomic E-state index is 6.38. The number of aromatic nitrogens is 4. The van der Waals surface area contributed by atoms with Crippen LogP contribution in [-0.4, -0.2) is 27.0 Å².